The quantitative estimate of drug-likeness (QED) is 0.676. The number of amides is 1. The van der Waals surface area contributed by atoms with Crippen molar-refractivity contribution in [2.75, 3.05) is 19.5 Å². The number of aromatic nitrogens is 3. The van der Waals surface area contributed by atoms with Crippen molar-refractivity contribution in [3.05, 3.63) is 6.33 Å². The highest BCUT2D eigenvalue weighted by Crippen LogP contribution is 1.93. The number of anilines is 1. The van der Waals surface area contributed by atoms with Crippen LogP contribution in [0, 0.1) is 0 Å². The molecule has 1 atom stereocenters. The third-order valence-corrected chi connectivity index (χ3v) is 2.09. The van der Waals surface area contributed by atoms with Gasteiger partial charge in [0.05, 0.1) is 12.6 Å². The zero-order chi connectivity index (χ0) is 12.0. The Morgan fingerprint density at radius 3 is 3.00 bits per heavy atom. The molecule has 0 aromatic carbocycles. The van der Waals surface area contributed by atoms with Gasteiger partial charge in [-0.3, -0.25) is 4.79 Å². The minimum Gasteiger partial charge on any atom is -0.383 e. The molecule has 3 N–H and O–H groups in total. The Morgan fingerprint density at radius 2 is 2.50 bits per heavy atom. The van der Waals surface area contributed by atoms with Crippen molar-refractivity contribution in [2.45, 2.75) is 25.9 Å². The second-order valence-electron chi connectivity index (χ2n) is 3.43. The van der Waals surface area contributed by atoms with Gasteiger partial charge >= 0.3 is 0 Å². The summed E-state index contributed by atoms with van der Waals surface area (Å²) in [7, 11) is 1.60. The Kier molecular flexibility index (Phi) is 4.71. The molecule has 0 radical (unpaired) electrons. The van der Waals surface area contributed by atoms with Crippen molar-refractivity contribution in [3.8, 4) is 0 Å². The van der Waals surface area contributed by atoms with E-state index in [9.17, 15) is 4.79 Å². The molecular weight excluding hydrogens is 210 g/mol. The van der Waals surface area contributed by atoms with Gasteiger partial charge in [-0.05, 0) is 6.42 Å². The number of hydrogen-bond donors (Lipinski definition) is 2. The lowest BCUT2D eigenvalue weighted by atomic mass is 10.2. The monoisotopic (exact) mass is 227 g/mol. The van der Waals surface area contributed by atoms with Crippen molar-refractivity contribution in [1.29, 1.82) is 0 Å². The van der Waals surface area contributed by atoms with Gasteiger partial charge in [0.25, 0.3) is 0 Å². The number of carbonyl (C=O) groups excluding carboxylic acids is 1. The molecule has 0 spiro atoms. The molecule has 7 heteroatoms. The molecule has 0 aliphatic rings. The molecule has 1 unspecified atom stereocenters. The number of nitrogens with zero attached hydrogens (tertiary/aromatic N) is 3. The molecule has 0 bridgehead atoms. The summed E-state index contributed by atoms with van der Waals surface area (Å²) in [4.78, 5) is 15.3. The van der Waals surface area contributed by atoms with Crippen molar-refractivity contribution in [2.24, 2.45) is 0 Å². The highest BCUT2D eigenvalue weighted by molar-refractivity contribution is 5.75. The van der Waals surface area contributed by atoms with Crippen molar-refractivity contribution >= 4 is 11.9 Å². The first kappa shape index (κ1) is 12.4. The number of nitrogens with two attached hydrogens (primary N) is 1. The normalized spacial score (nSPS) is 12.4. The Labute approximate surface area is 94.0 Å². The number of rotatable bonds is 6. The van der Waals surface area contributed by atoms with E-state index in [1.54, 1.807) is 7.11 Å². The van der Waals surface area contributed by atoms with Crippen molar-refractivity contribution in [3.63, 3.8) is 0 Å². The number of nitrogen functional groups attached to an aromatic ring is 1. The summed E-state index contributed by atoms with van der Waals surface area (Å²) < 4.78 is 6.37. The maximum absolute atomic E-state index is 11.6. The van der Waals surface area contributed by atoms with Crippen LogP contribution in [0.25, 0.3) is 0 Å². The highest BCUT2D eigenvalue weighted by Gasteiger charge is 2.10. The Balaban J connectivity index is 2.40. The lowest BCUT2D eigenvalue weighted by Crippen LogP contribution is -2.39. The Hall–Kier alpha value is -1.63. The van der Waals surface area contributed by atoms with Gasteiger partial charge in [0.1, 0.15) is 12.9 Å². The molecule has 1 rings (SSSR count). The van der Waals surface area contributed by atoms with E-state index in [0.29, 0.717) is 6.61 Å². The molecule has 0 saturated carbocycles. The van der Waals surface area contributed by atoms with Gasteiger partial charge in [-0.2, -0.15) is 0 Å². The summed E-state index contributed by atoms with van der Waals surface area (Å²) in [6, 6.07) is 0.0263. The number of hydrogen-bond acceptors (Lipinski definition) is 5. The minimum atomic E-state index is -0.131. The van der Waals surface area contributed by atoms with E-state index in [1.165, 1.54) is 11.0 Å². The fourth-order valence-electron chi connectivity index (χ4n) is 1.27. The van der Waals surface area contributed by atoms with Gasteiger partial charge in [0, 0.05) is 7.11 Å². The van der Waals surface area contributed by atoms with E-state index in [2.05, 4.69) is 15.4 Å². The van der Waals surface area contributed by atoms with Crippen molar-refractivity contribution in [1.82, 2.24) is 20.1 Å². The third-order valence-electron chi connectivity index (χ3n) is 2.09. The molecule has 16 heavy (non-hydrogen) atoms. The van der Waals surface area contributed by atoms with E-state index in [1.807, 2.05) is 6.92 Å². The molecule has 1 amide bonds. The number of nitrogens with one attached hydrogen (secondary N) is 1. The molecule has 0 aliphatic carbocycles. The largest absolute Gasteiger partial charge is 0.383 e. The van der Waals surface area contributed by atoms with Gasteiger partial charge in [0.15, 0.2) is 0 Å². The summed E-state index contributed by atoms with van der Waals surface area (Å²) in [5, 5.41) is 6.65. The van der Waals surface area contributed by atoms with Crippen LogP contribution in [0.2, 0.25) is 0 Å². The molecule has 7 nitrogen and oxygen atoms in total. The van der Waals surface area contributed by atoms with Crippen LogP contribution in [-0.4, -0.2) is 40.4 Å². The molecular formula is C9H17N5O2. The van der Waals surface area contributed by atoms with Crippen LogP contribution < -0.4 is 11.1 Å². The standard InChI is InChI=1S/C9H17N5O2/c1-3-7(5-16-2)12-8(15)4-14-6-11-9(10)13-14/h6-7H,3-5H2,1-2H3,(H2,10,13)(H,12,15). The molecule has 1 heterocycles. The second kappa shape index (κ2) is 6.06. The van der Waals surface area contributed by atoms with Gasteiger partial charge in [-0.1, -0.05) is 6.92 Å². The first-order valence-electron chi connectivity index (χ1n) is 5.09. The maximum atomic E-state index is 11.6. The molecule has 0 aliphatic heterocycles. The van der Waals surface area contributed by atoms with Crippen molar-refractivity contribution < 1.29 is 9.53 Å². The topological polar surface area (TPSA) is 95.1 Å². The van der Waals surface area contributed by atoms with Gasteiger partial charge in [0.2, 0.25) is 11.9 Å². The van der Waals surface area contributed by atoms with E-state index in [-0.39, 0.29) is 24.4 Å². The zero-order valence-electron chi connectivity index (χ0n) is 9.51. The molecule has 0 fully saturated rings. The molecule has 0 saturated heterocycles. The van der Waals surface area contributed by atoms with E-state index >= 15 is 0 Å². The van der Waals surface area contributed by atoms with Gasteiger partial charge in [-0.15, -0.1) is 5.10 Å². The minimum absolute atomic E-state index is 0.0263. The third kappa shape index (κ3) is 3.85. The van der Waals surface area contributed by atoms with Crippen LogP contribution >= 0.6 is 0 Å². The van der Waals surface area contributed by atoms with Gasteiger partial charge < -0.3 is 15.8 Å². The molecule has 1 aromatic rings. The average molecular weight is 227 g/mol. The number of carbonyl (C=O) groups is 1. The number of methoxy groups -OCH3 is 1. The summed E-state index contributed by atoms with van der Waals surface area (Å²) in [6.07, 6.45) is 2.24. The summed E-state index contributed by atoms with van der Waals surface area (Å²) in [5.41, 5.74) is 5.33. The van der Waals surface area contributed by atoms with Crippen LogP contribution in [0.1, 0.15) is 13.3 Å². The Morgan fingerprint density at radius 1 is 1.75 bits per heavy atom. The summed E-state index contributed by atoms with van der Waals surface area (Å²) in [6.45, 7) is 2.60. The van der Waals surface area contributed by atoms with Gasteiger partial charge in [-0.25, -0.2) is 9.67 Å². The predicted molar refractivity (Wildman–Crippen MR) is 58.5 cm³/mol. The van der Waals surface area contributed by atoms with E-state index in [0.717, 1.165) is 6.42 Å². The fraction of sp³-hybridized carbons (Fsp3) is 0.667. The first-order chi connectivity index (χ1) is 7.65. The second-order valence-corrected chi connectivity index (χ2v) is 3.43. The average Bonchev–Trinajstić information content (AvgIpc) is 2.63. The molecule has 90 valence electrons. The lowest BCUT2D eigenvalue weighted by Gasteiger charge is -2.15. The number of ether oxygens (including phenoxy) is 1. The maximum Gasteiger partial charge on any atom is 0.242 e. The van der Waals surface area contributed by atoms with E-state index in [4.69, 9.17) is 10.5 Å². The van der Waals surface area contributed by atoms with E-state index < -0.39 is 0 Å². The predicted octanol–water partition coefficient (Wildman–Crippen LogP) is -0.598. The first-order valence-corrected chi connectivity index (χ1v) is 5.09. The highest BCUT2D eigenvalue weighted by atomic mass is 16.5. The van der Waals surface area contributed by atoms with Crippen LogP contribution in [0.4, 0.5) is 5.95 Å². The summed E-state index contributed by atoms with van der Waals surface area (Å²) >= 11 is 0. The van der Waals surface area contributed by atoms with Crippen LogP contribution in [-0.2, 0) is 16.1 Å². The zero-order valence-corrected chi connectivity index (χ0v) is 9.51. The van der Waals surface area contributed by atoms with Crippen LogP contribution in [0.3, 0.4) is 0 Å². The summed E-state index contributed by atoms with van der Waals surface area (Å²) in [5.74, 6) is 0.0329. The molecule has 1 aromatic heterocycles. The lowest BCUT2D eigenvalue weighted by molar-refractivity contribution is -0.123. The smallest absolute Gasteiger partial charge is 0.242 e. The van der Waals surface area contributed by atoms with Crippen LogP contribution in [0.5, 0.6) is 0 Å². The SMILES string of the molecule is CCC(COC)NC(=O)Cn1cnc(N)n1. The fourth-order valence-corrected chi connectivity index (χ4v) is 1.27. The Bertz CT molecular complexity index is 338. The van der Waals surface area contributed by atoms with Crippen LogP contribution in [0.15, 0.2) is 6.33 Å².